The maximum Gasteiger partial charge on any atom is 0.133 e. The SMILES string of the molecule is Cc1c(O)cc(O)c2c1OC(C1=CC(O)C(O)C(O)C1)CC2. The van der Waals surface area contributed by atoms with Gasteiger partial charge >= 0.3 is 0 Å². The summed E-state index contributed by atoms with van der Waals surface area (Å²) in [4.78, 5) is 0. The van der Waals surface area contributed by atoms with Crippen LogP contribution >= 0.6 is 0 Å². The van der Waals surface area contributed by atoms with Crippen molar-refractivity contribution in [2.75, 3.05) is 0 Å². The van der Waals surface area contributed by atoms with Crippen LogP contribution in [0.25, 0.3) is 0 Å². The number of hydrogen-bond acceptors (Lipinski definition) is 6. The predicted molar refractivity (Wildman–Crippen MR) is 78.0 cm³/mol. The van der Waals surface area contributed by atoms with Crippen LogP contribution in [0.15, 0.2) is 17.7 Å². The van der Waals surface area contributed by atoms with Crippen LogP contribution in [-0.2, 0) is 6.42 Å². The number of benzene rings is 1. The molecule has 1 aromatic carbocycles. The van der Waals surface area contributed by atoms with Crippen LogP contribution in [-0.4, -0.2) is 49.9 Å². The molecule has 6 heteroatoms. The molecule has 1 aromatic rings. The van der Waals surface area contributed by atoms with Gasteiger partial charge in [0.1, 0.15) is 35.6 Å². The van der Waals surface area contributed by atoms with Gasteiger partial charge in [0, 0.05) is 23.6 Å². The van der Waals surface area contributed by atoms with E-state index in [1.54, 1.807) is 6.92 Å². The number of phenols is 2. The summed E-state index contributed by atoms with van der Waals surface area (Å²) in [5, 5.41) is 48.9. The molecule has 1 aliphatic carbocycles. The van der Waals surface area contributed by atoms with Crippen LogP contribution < -0.4 is 4.74 Å². The van der Waals surface area contributed by atoms with Gasteiger partial charge in [0.05, 0.1) is 6.10 Å². The zero-order valence-electron chi connectivity index (χ0n) is 12.2. The zero-order valence-corrected chi connectivity index (χ0v) is 12.2. The van der Waals surface area contributed by atoms with Gasteiger partial charge in [0.2, 0.25) is 0 Å². The van der Waals surface area contributed by atoms with Crippen molar-refractivity contribution in [1.82, 2.24) is 0 Å². The first kappa shape index (κ1) is 15.1. The molecule has 0 bridgehead atoms. The fraction of sp³-hybridized carbons (Fsp3) is 0.500. The third-order valence-corrected chi connectivity index (χ3v) is 4.49. The smallest absolute Gasteiger partial charge is 0.133 e. The second kappa shape index (κ2) is 5.46. The summed E-state index contributed by atoms with van der Waals surface area (Å²) >= 11 is 0. The van der Waals surface area contributed by atoms with Crippen LogP contribution in [0.1, 0.15) is 24.0 Å². The van der Waals surface area contributed by atoms with Gasteiger partial charge in [0.15, 0.2) is 0 Å². The average Bonchev–Trinajstić information content (AvgIpc) is 2.49. The molecule has 0 radical (unpaired) electrons. The van der Waals surface area contributed by atoms with Crippen molar-refractivity contribution in [3.05, 3.63) is 28.8 Å². The average molecular weight is 308 g/mol. The van der Waals surface area contributed by atoms with E-state index < -0.39 is 18.3 Å². The molecule has 0 saturated carbocycles. The normalized spacial score (nSPS) is 31.2. The minimum absolute atomic E-state index is 0.00432. The van der Waals surface area contributed by atoms with Crippen molar-refractivity contribution in [3.8, 4) is 17.2 Å². The highest BCUT2D eigenvalue weighted by molar-refractivity contribution is 5.56. The van der Waals surface area contributed by atoms with Crippen LogP contribution in [0, 0.1) is 6.92 Å². The van der Waals surface area contributed by atoms with E-state index in [0.717, 1.165) is 5.57 Å². The first-order valence-corrected chi connectivity index (χ1v) is 7.34. The predicted octanol–water partition coefficient (Wildman–Crippen LogP) is 0.513. The highest BCUT2D eigenvalue weighted by Gasteiger charge is 2.35. The van der Waals surface area contributed by atoms with Gasteiger partial charge in [-0.3, -0.25) is 0 Å². The Labute approximate surface area is 127 Å². The molecule has 22 heavy (non-hydrogen) atoms. The Morgan fingerprint density at radius 3 is 2.55 bits per heavy atom. The maximum absolute atomic E-state index is 9.91. The first-order chi connectivity index (χ1) is 10.4. The van der Waals surface area contributed by atoms with Crippen LogP contribution in [0.3, 0.4) is 0 Å². The van der Waals surface area contributed by atoms with Crippen molar-refractivity contribution in [2.24, 2.45) is 0 Å². The molecule has 6 nitrogen and oxygen atoms in total. The molecule has 120 valence electrons. The third-order valence-electron chi connectivity index (χ3n) is 4.49. The first-order valence-electron chi connectivity index (χ1n) is 7.34. The number of rotatable bonds is 1. The molecule has 1 heterocycles. The van der Waals surface area contributed by atoms with Crippen molar-refractivity contribution >= 4 is 0 Å². The fourth-order valence-electron chi connectivity index (χ4n) is 3.14. The molecule has 0 fully saturated rings. The summed E-state index contributed by atoms with van der Waals surface area (Å²) in [6.07, 6.45) is -0.794. The Morgan fingerprint density at radius 2 is 1.86 bits per heavy atom. The maximum atomic E-state index is 9.91. The monoisotopic (exact) mass is 308 g/mol. The Bertz CT molecular complexity index is 624. The second-order valence-electron chi connectivity index (χ2n) is 5.99. The number of fused-ring (bicyclic) bond motifs is 1. The molecule has 5 N–H and O–H groups in total. The van der Waals surface area contributed by atoms with Gasteiger partial charge in [-0.2, -0.15) is 0 Å². The number of phenolic OH excluding ortho intramolecular Hbond substituents is 2. The Balaban J connectivity index is 1.90. The highest BCUT2D eigenvalue weighted by atomic mass is 16.5. The minimum Gasteiger partial charge on any atom is -0.507 e. The fourth-order valence-corrected chi connectivity index (χ4v) is 3.14. The topological polar surface area (TPSA) is 110 Å². The van der Waals surface area contributed by atoms with E-state index in [9.17, 15) is 25.5 Å². The lowest BCUT2D eigenvalue weighted by atomic mass is 9.86. The van der Waals surface area contributed by atoms with Gasteiger partial charge in [0.25, 0.3) is 0 Å². The molecule has 0 saturated heterocycles. The van der Waals surface area contributed by atoms with Crippen molar-refractivity contribution < 1.29 is 30.3 Å². The lowest BCUT2D eigenvalue weighted by molar-refractivity contribution is -0.0505. The minimum atomic E-state index is -1.19. The molecule has 4 atom stereocenters. The molecule has 0 aromatic heterocycles. The zero-order chi connectivity index (χ0) is 16.0. The Kier molecular flexibility index (Phi) is 3.76. The Morgan fingerprint density at radius 1 is 1.14 bits per heavy atom. The summed E-state index contributed by atoms with van der Waals surface area (Å²) in [6, 6.07) is 1.31. The van der Waals surface area contributed by atoms with Gasteiger partial charge in [-0.25, -0.2) is 0 Å². The van der Waals surface area contributed by atoms with Crippen LogP contribution in [0.4, 0.5) is 0 Å². The van der Waals surface area contributed by atoms with Gasteiger partial charge in [-0.1, -0.05) is 6.08 Å². The van der Waals surface area contributed by atoms with E-state index in [1.807, 2.05) is 0 Å². The molecule has 3 rings (SSSR count). The largest absolute Gasteiger partial charge is 0.507 e. The lowest BCUT2D eigenvalue weighted by Crippen LogP contribution is -2.42. The summed E-state index contributed by atoms with van der Waals surface area (Å²) in [5.74, 6) is 0.416. The number of aliphatic hydroxyl groups excluding tert-OH is 3. The van der Waals surface area contributed by atoms with Gasteiger partial charge < -0.3 is 30.3 Å². The lowest BCUT2D eigenvalue weighted by Gasteiger charge is -2.34. The van der Waals surface area contributed by atoms with Gasteiger partial charge in [-0.05, 0) is 25.3 Å². The molecule has 2 aliphatic rings. The van der Waals surface area contributed by atoms with Crippen LogP contribution in [0.2, 0.25) is 0 Å². The summed E-state index contributed by atoms with van der Waals surface area (Å²) < 4.78 is 5.90. The van der Waals surface area contributed by atoms with E-state index in [-0.39, 0.29) is 24.0 Å². The molecule has 0 amide bonds. The van der Waals surface area contributed by atoms with Gasteiger partial charge in [-0.15, -0.1) is 0 Å². The number of ether oxygens (including phenoxy) is 1. The number of aliphatic hydroxyl groups is 3. The molecule has 4 unspecified atom stereocenters. The van der Waals surface area contributed by atoms with E-state index in [1.165, 1.54) is 12.1 Å². The van der Waals surface area contributed by atoms with E-state index in [4.69, 9.17) is 4.74 Å². The molecular weight excluding hydrogens is 288 g/mol. The molecule has 1 aliphatic heterocycles. The number of aromatic hydroxyl groups is 2. The van der Waals surface area contributed by atoms with Crippen molar-refractivity contribution in [1.29, 1.82) is 0 Å². The molecule has 0 spiro atoms. The highest BCUT2D eigenvalue weighted by Crippen LogP contribution is 2.43. The molecular formula is C16H20O6. The Hall–Kier alpha value is -1.76. The van der Waals surface area contributed by atoms with Crippen molar-refractivity contribution in [2.45, 2.75) is 50.6 Å². The van der Waals surface area contributed by atoms with E-state index >= 15 is 0 Å². The third kappa shape index (κ3) is 2.43. The quantitative estimate of drug-likeness (QED) is 0.484. The summed E-state index contributed by atoms with van der Waals surface area (Å²) in [6.45, 7) is 1.71. The standard InChI is InChI=1S/C16H20O6/c1-7-10(17)6-11(18)9-2-3-14(22-16(7)9)8-4-12(19)15(21)13(20)5-8/h4,6,12-15,17-21H,2-3,5H2,1H3. The van der Waals surface area contributed by atoms with Crippen LogP contribution in [0.5, 0.6) is 17.2 Å². The van der Waals surface area contributed by atoms with E-state index in [2.05, 4.69) is 0 Å². The number of hydrogen-bond donors (Lipinski definition) is 5. The summed E-state index contributed by atoms with van der Waals surface area (Å²) in [5.41, 5.74) is 1.93. The van der Waals surface area contributed by atoms with E-state index in [0.29, 0.717) is 29.7 Å². The van der Waals surface area contributed by atoms with Crippen molar-refractivity contribution in [3.63, 3.8) is 0 Å². The second-order valence-corrected chi connectivity index (χ2v) is 5.99. The summed E-state index contributed by atoms with van der Waals surface area (Å²) in [7, 11) is 0.